The van der Waals surface area contributed by atoms with Crippen LogP contribution >= 0.6 is 23.1 Å². The quantitative estimate of drug-likeness (QED) is 0.626. The van der Waals surface area contributed by atoms with Crippen LogP contribution < -0.4 is 11.1 Å². The minimum atomic E-state index is -0.0271. The SMILES string of the molecule is Cc1cc(N)nc(SCC(=O)NC(c2cccs2)C(C)C)n1. The number of hydrogen-bond acceptors (Lipinski definition) is 6. The van der Waals surface area contributed by atoms with Crippen molar-refractivity contribution in [2.45, 2.75) is 32.0 Å². The lowest BCUT2D eigenvalue weighted by molar-refractivity contribution is -0.119. The molecular formula is C15H20N4OS2. The molecule has 0 saturated carbocycles. The fourth-order valence-corrected chi connectivity index (χ4v) is 3.68. The van der Waals surface area contributed by atoms with Gasteiger partial charge in [-0.15, -0.1) is 11.3 Å². The molecule has 2 rings (SSSR count). The fraction of sp³-hybridized carbons (Fsp3) is 0.400. The van der Waals surface area contributed by atoms with Crippen LogP contribution in [0.1, 0.15) is 30.5 Å². The predicted octanol–water partition coefficient (Wildman–Crippen LogP) is 3.03. The normalized spacial score (nSPS) is 12.4. The highest BCUT2D eigenvalue weighted by molar-refractivity contribution is 7.99. The Morgan fingerprint density at radius 3 is 2.82 bits per heavy atom. The molecule has 0 bridgehead atoms. The molecule has 0 saturated heterocycles. The summed E-state index contributed by atoms with van der Waals surface area (Å²) in [6.07, 6.45) is 0. The number of carbonyl (C=O) groups excluding carboxylic acids is 1. The first-order valence-corrected chi connectivity index (χ1v) is 8.89. The molecule has 0 fully saturated rings. The van der Waals surface area contributed by atoms with E-state index in [0.717, 1.165) is 5.69 Å². The minimum Gasteiger partial charge on any atom is -0.384 e. The molecule has 2 heterocycles. The standard InChI is InChI=1S/C15H20N4OS2/c1-9(2)14(11-5-4-6-21-11)19-13(20)8-22-15-17-10(3)7-12(16)18-15/h4-7,9,14H,8H2,1-3H3,(H,19,20)(H2,16,17,18). The van der Waals surface area contributed by atoms with Crippen LogP contribution in [0.2, 0.25) is 0 Å². The second kappa shape index (κ2) is 7.60. The molecule has 3 N–H and O–H groups in total. The largest absolute Gasteiger partial charge is 0.384 e. The molecule has 1 unspecified atom stereocenters. The van der Waals surface area contributed by atoms with E-state index in [2.05, 4.69) is 29.1 Å². The molecule has 0 aliphatic rings. The van der Waals surface area contributed by atoms with Gasteiger partial charge in [-0.05, 0) is 24.3 Å². The Bertz CT molecular complexity index is 608. The predicted molar refractivity (Wildman–Crippen MR) is 91.9 cm³/mol. The van der Waals surface area contributed by atoms with Crippen molar-refractivity contribution >= 4 is 34.8 Å². The molecule has 1 atom stereocenters. The number of amides is 1. The van der Waals surface area contributed by atoms with Crippen molar-refractivity contribution in [3.05, 3.63) is 34.2 Å². The van der Waals surface area contributed by atoms with Crippen molar-refractivity contribution in [3.8, 4) is 0 Å². The lowest BCUT2D eigenvalue weighted by atomic mass is 10.0. The number of nitrogen functional groups attached to an aromatic ring is 1. The Hall–Kier alpha value is -1.60. The van der Waals surface area contributed by atoms with Crippen molar-refractivity contribution in [3.63, 3.8) is 0 Å². The number of thiophene rings is 1. The summed E-state index contributed by atoms with van der Waals surface area (Å²) in [6.45, 7) is 6.05. The van der Waals surface area contributed by atoms with Gasteiger partial charge >= 0.3 is 0 Å². The summed E-state index contributed by atoms with van der Waals surface area (Å²) in [4.78, 5) is 21.7. The zero-order valence-corrected chi connectivity index (χ0v) is 14.5. The maximum absolute atomic E-state index is 12.2. The molecule has 1 amide bonds. The van der Waals surface area contributed by atoms with Crippen molar-refractivity contribution in [2.24, 2.45) is 5.92 Å². The van der Waals surface area contributed by atoms with Crippen LogP contribution in [0.5, 0.6) is 0 Å². The summed E-state index contributed by atoms with van der Waals surface area (Å²) >= 11 is 2.95. The smallest absolute Gasteiger partial charge is 0.230 e. The first-order valence-electron chi connectivity index (χ1n) is 7.02. The van der Waals surface area contributed by atoms with Crippen molar-refractivity contribution in [1.29, 1.82) is 0 Å². The van der Waals surface area contributed by atoms with E-state index in [1.54, 1.807) is 17.4 Å². The number of thioether (sulfide) groups is 1. The Morgan fingerprint density at radius 2 is 2.23 bits per heavy atom. The zero-order chi connectivity index (χ0) is 16.1. The molecule has 2 aromatic heterocycles. The number of nitrogens with one attached hydrogen (secondary N) is 1. The van der Waals surface area contributed by atoms with Gasteiger partial charge < -0.3 is 11.1 Å². The van der Waals surface area contributed by atoms with E-state index in [1.165, 1.54) is 16.6 Å². The van der Waals surface area contributed by atoms with Gasteiger partial charge in [0.05, 0.1) is 11.8 Å². The van der Waals surface area contributed by atoms with Crippen molar-refractivity contribution < 1.29 is 4.79 Å². The summed E-state index contributed by atoms with van der Waals surface area (Å²) < 4.78 is 0. The number of nitrogens with zero attached hydrogens (tertiary/aromatic N) is 2. The number of hydrogen-bond donors (Lipinski definition) is 2. The first-order chi connectivity index (χ1) is 10.5. The average Bonchev–Trinajstić information content (AvgIpc) is 2.95. The van der Waals surface area contributed by atoms with E-state index >= 15 is 0 Å². The van der Waals surface area contributed by atoms with E-state index in [9.17, 15) is 4.79 Å². The van der Waals surface area contributed by atoms with Gasteiger partial charge in [-0.2, -0.15) is 0 Å². The van der Waals surface area contributed by atoms with E-state index in [0.29, 0.717) is 16.9 Å². The Balaban J connectivity index is 1.94. The molecule has 0 aliphatic carbocycles. The van der Waals surface area contributed by atoms with E-state index in [-0.39, 0.29) is 17.7 Å². The summed E-state index contributed by atoms with van der Waals surface area (Å²) in [7, 11) is 0. The Morgan fingerprint density at radius 1 is 1.45 bits per heavy atom. The van der Waals surface area contributed by atoms with Crippen LogP contribution in [0.15, 0.2) is 28.7 Å². The highest BCUT2D eigenvalue weighted by Crippen LogP contribution is 2.26. The molecule has 0 aromatic carbocycles. The highest BCUT2D eigenvalue weighted by atomic mass is 32.2. The average molecular weight is 336 g/mol. The van der Waals surface area contributed by atoms with E-state index in [4.69, 9.17) is 5.73 Å². The monoisotopic (exact) mass is 336 g/mol. The summed E-state index contributed by atoms with van der Waals surface area (Å²) in [5.74, 6) is 1.01. The second-order valence-corrected chi connectivity index (χ2v) is 7.23. The van der Waals surface area contributed by atoms with Gasteiger partial charge in [0, 0.05) is 16.6 Å². The molecule has 0 spiro atoms. The Kier molecular flexibility index (Phi) is 5.79. The van der Waals surface area contributed by atoms with Crippen LogP contribution in [0, 0.1) is 12.8 Å². The number of anilines is 1. The van der Waals surface area contributed by atoms with Crippen LogP contribution in [0.3, 0.4) is 0 Å². The van der Waals surface area contributed by atoms with Crippen LogP contribution in [0.25, 0.3) is 0 Å². The number of rotatable bonds is 6. The van der Waals surface area contributed by atoms with E-state index < -0.39 is 0 Å². The van der Waals surface area contributed by atoms with Crippen LogP contribution in [-0.2, 0) is 4.79 Å². The molecule has 0 aliphatic heterocycles. The molecule has 118 valence electrons. The maximum atomic E-state index is 12.2. The molecular weight excluding hydrogens is 316 g/mol. The number of carbonyl (C=O) groups is 1. The van der Waals surface area contributed by atoms with Gasteiger partial charge in [0.1, 0.15) is 5.82 Å². The fourth-order valence-electron chi connectivity index (χ4n) is 2.01. The highest BCUT2D eigenvalue weighted by Gasteiger charge is 2.19. The molecule has 0 radical (unpaired) electrons. The van der Waals surface area contributed by atoms with Gasteiger partial charge in [0.2, 0.25) is 5.91 Å². The molecule has 5 nitrogen and oxygen atoms in total. The van der Waals surface area contributed by atoms with Gasteiger partial charge in [-0.1, -0.05) is 31.7 Å². The van der Waals surface area contributed by atoms with Crippen LogP contribution in [-0.4, -0.2) is 21.6 Å². The van der Waals surface area contributed by atoms with Crippen molar-refractivity contribution in [1.82, 2.24) is 15.3 Å². The van der Waals surface area contributed by atoms with Gasteiger partial charge in [0.25, 0.3) is 0 Å². The Labute approximate surface area is 138 Å². The minimum absolute atomic E-state index is 0.0271. The van der Waals surface area contributed by atoms with Crippen molar-refractivity contribution in [2.75, 3.05) is 11.5 Å². The summed E-state index contributed by atoms with van der Waals surface area (Å²) in [5, 5.41) is 5.64. The third-order valence-electron chi connectivity index (χ3n) is 3.02. The lowest BCUT2D eigenvalue weighted by Gasteiger charge is -2.21. The van der Waals surface area contributed by atoms with Gasteiger partial charge in [-0.3, -0.25) is 4.79 Å². The zero-order valence-electron chi connectivity index (χ0n) is 12.9. The third-order valence-corrected chi connectivity index (χ3v) is 4.82. The topological polar surface area (TPSA) is 80.9 Å². The number of nitrogens with two attached hydrogens (primary N) is 1. The summed E-state index contributed by atoms with van der Waals surface area (Å²) in [6, 6.07) is 5.79. The lowest BCUT2D eigenvalue weighted by Crippen LogP contribution is -2.32. The number of aromatic nitrogens is 2. The second-order valence-electron chi connectivity index (χ2n) is 5.31. The molecule has 22 heavy (non-hydrogen) atoms. The number of aryl methyl sites for hydroxylation is 1. The van der Waals surface area contributed by atoms with E-state index in [1.807, 2.05) is 24.4 Å². The summed E-state index contributed by atoms with van der Waals surface area (Å²) in [5.41, 5.74) is 6.49. The van der Waals surface area contributed by atoms with Gasteiger partial charge in [-0.25, -0.2) is 9.97 Å². The molecule has 2 aromatic rings. The van der Waals surface area contributed by atoms with Gasteiger partial charge in [0.15, 0.2) is 5.16 Å². The third kappa shape index (κ3) is 4.71. The molecule has 7 heteroatoms. The van der Waals surface area contributed by atoms with Crippen LogP contribution in [0.4, 0.5) is 5.82 Å². The maximum Gasteiger partial charge on any atom is 0.230 e. The first kappa shape index (κ1) is 16.8.